The van der Waals surface area contributed by atoms with E-state index in [1.54, 1.807) is 18.2 Å². The molecule has 2 rings (SSSR count). The van der Waals surface area contributed by atoms with Gasteiger partial charge in [-0.3, -0.25) is 9.59 Å². The lowest BCUT2D eigenvalue weighted by molar-refractivity contribution is -0.128. The van der Waals surface area contributed by atoms with Gasteiger partial charge in [0.1, 0.15) is 12.4 Å². The number of hydrogen-bond donors (Lipinski definition) is 3. The van der Waals surface area contributed by atoms with Crippen molar-refractivity contribution in [2.45, 2.75) is 45.1 Å². The number of hydrogen-bond acceptors (Lipinski definition) is 4. The van der Waals surface area contributed by atoms with Crippen LogP contribution in [0.3, 0.4) is 0 Å². The van der Waals surface area contributed by atoms with E-state index in [0.29, 0.717) is 24.6 Å². The lowest BCUT2D eigenvalue weighted by atomic mass is 9.74. The fraction of sp³-hybridized carbons (Fsp3) is 0.556. The summed E-state index contributed by atoms with van der Waals surface area (Å²) in [7, 11) is 0. The van der Waals surface area contributed by atoms with Gasteiger partial charge in [0.05, 0.1) is 12.5 Å². The van der Waals surface area contributed by atoms with Gasteiger partial charge in [-0.2, -0.15) is 0 Å². The van der Waals surface area contributed by atoms with Crippen molar-refractivity contribution in [3.05, 3.63) is 24.3 Å². The molecule has 1 aromatic rings. The van der Waals surface area contributed by atoms with Gasteiger partial charge >= 0.3 is 0 Å². The summed E-state index contributed by atoms with van der Waals surface area (Å²) < 4.78 is 5.62. The molecule has 1 saturated carbocycles. The molecule has 1 aliphatic carbocycles. The van der Waals surface area contributed by atoms with Gasteiger partial charge in [0.2, 0.25) is 11.8 Å². The van der Waals surface area contributed by atoms with E-state index in [4.69, 9.17) is 10.5 Å². The second-order valence-corrected chi connectivity index (χ2v) is 6.65. The molecule has 1 fully saturated rings. The van der Waals surface area contributed by atoms with Crippen molar-refractivity contribution >= 4 is 29.9 Å². The molecule has 2 amide bonds. The van der Waals surface area contributed by atoms with Crippen molar-refractivity contribution in [2.24, 2.45) is 11.7 Å². The normalized spacial score (nSPS) is 22.4. The molecule has 2 atom stereocenters. The van der Waals surface area contributed by atoms with Gasteiger partial charge in [0, 0.05) is 24.2 Å². The van der Waals surface area contributed by atoms with Crippen LogP contribution >= 0.6 is 12.4 Å². The standard InChI is InChI=1S/C18H27N3O3.ClH/c1-13(22)21-14-6-5-7-15(12-14)24-11-10-20-17(23)16-8-3-4-9-18(16,2)19;/h5-7,12,16H,3-4,8-11,19H2,1-2H3,(H,20,23)(H,21,22);1H. The van der Waals surface area contributed by atoms with Gasteiger partial charge in [-0.05, 0) is 31.9 Å². The molecule has 0 radical (unpaired) electrons. The van der Waals surface area contributed by atoms with Crippen molar-refractivity contribution < 1.29 is 14.3 Å². The van der Waals surface area contributed by atoms with Crippen molar-refractivity contribution in [1.29, 1.82) is 0 Å². The molecule has 0 heterocycles. The molecular weight excluding hydrogens is 342 g/mol. The summed E-state index contributed by atoms with van der Waals surface area (Å²) in [5, 5.41) is 5.61. The van der Waals surface area contributed by atoms with E-state index < -0.39 is 5.54 Å². The third kappa shape index (κ3) is 6.55. The number of nitrogens with two attached hydrogens (primary N) is 1. The van der Waals surface area contributed by atoms with E-state index in [2.05, 4.69) is 10.6 Å². The highest BCUT2D eigenvalue weighted by Crippen LogP contribution is 2.31. The van der Waals surface area contributed by atoms with Crippen LogP contribution in [0, 0.1) is 5.92 Å². The second-order valence-electron chi connectivity index (χ2n) is 6.65. The molecule has 2 unspecified atom stereocenters. The van der Waals surface area contributed by atoms with Crippen LogP contribution in [0.4, 0.5) is 5.69 Å². The highest BCUT2D eigenvalue weighted by Gasteiger charge is 2.37. The van der Waals surface area contributed by atoms with Crippen LogP contribution in [0.15, 0.2) is 24.3 Å². The van der Waals surface area contributed by atoms with Crippen molar-refractivity contribution in [3.8, 4) is 5.75 Å². The van der Waals surface area contributed by atoms with E-state index in [1.807, 2.05) is 13.0 Å². The van der Waals surface area contributed by atoms with Crippen LogP contribution in [0.5, 0.6) is 5.75 Å². The summed E-state index contributed by atoms with van der Waals surface area (Å²) in [6.07, 6.45) is 3.87. The average Bonchev–Trinajstić information content (AvgIpc) is 2.50. The molecule has 1 aromatic carbocycles. The minimum atomic E-state index is -0.421. The van der Waals surface area contributed by atoms with Gasteiger partial charge in [-0.15, -0.1) is 12.4 Å². The molecule has 0 spiro atoms. The number of nitrogens with one attached hydrogen (secondary N) is 2. The zero-order valence-electron chi connectivity index (χ0n) is 14.8. The maximum atomic E-state index is 12.3. The smallest absolute Gasteiger partial charge is 0.225 e. The molecular formula is C18H28ClN3O3. The molecule has 6 nitrogen and oxygen atoms in total. The van der Waals surface area contributed by atoms with Crippen LogP contribution in [0.2, 0.25) is 0 Å². The van der Waals surface area contributed by atoms with Crippen molar-refractivity contribution in [1.82, 2.24) is 5.32 Å². The number of benzene rings is 1. The number of ether oxygens (including phenoxy) is 1. The first-order valence-electron chi connectivity index (χ1n) is 8.45. The monoisotopic (exact) mass is 369 g/mol. The lowest BCUT2D eigenvalue weighted by Gasteiger charge is -2.37. The highest BCUT2D eigenvalue weighted by molar-refractivity contribution is 5.88. The Kier molecular flexibility index (Phi) is 8.19. The Balaban J connectivity index is 0.00000312. The van der Waals surface area contributed by atoms with Gasteiger partial charge in [0.15, 0.2) is 0 Å². The SMILES string of the molecule is CC(=O)Nc1cccc(OCCNC(=O)C2CCCCC2(C)N)c1.Cl. The Labute approximate surface area is 155 Å². The summed E-state index contributed by atoms with van der Waals surface area (Å²) in [6.45, 7) is 4.21. The molecule has 0 bridgehead atoms. The maximum absolute atomic E-state index is 12.3. The summed E-state index contributed by atoms with van der Waals surface area (Å²) in [4.78, 5) is 23.4. The maximum Gasteiger partial charge on any atom is 0.225 e. The first-order chi connectivity index (χ1) is 11.4. The molecule has 1 aliphatic rings. The number of halogens is 1. The predicted octanol–water partition coefficient (Wildman–Crippen LogP) is 2.47. The van der Waals surface area contributed by atoms with E-state index >= 15 is 0 Å². The Bertz CT molecular complexity index is 593. The molecule has 4 N–H and O–H groups in total. The Morgan fingerprint density at radius 1 is 1.36 bits per heavy atom. The van der Waals surface area contributed by atoms with Crippen LogP contribution < -0.4 is 21.1 Å². The zero-order chi connectivity index (χ0) is 17.6. The van der Waals surface area contributed by atoms with E-state index in [-0.39, 0.29) is 30.1 Å². The van der Waals surface area contributed by atoms with Gasteiger partial charge in [-0.1, -0.05) is 18.9 Å². The Hall–Kier alpha value is -1.79. The third-order valence-corrected chi connectivity index (χ3v) is 4.40. The van der Waals surface area contributed by atoms with E-state index in [0.717, 1.165) is 25.7 Å². The summed E-state index contributed by atoms with van der Waals surface area (Å²) >= 11 is 0. The van der Waals surface area contributed by atoms with Crippen LogP contribution in [0.25, 0.3) is 0 Å². The molecule has 25 heavy (non-hydrogen) atoms. The van der Waals surface area contributed by atoms with Crippen LogP contribution in [0.1, 0.15) is 39.5 Å². The molecule has 0 aromatic heterocycles. The lowest BCUT2D eigenvalue weighted by Crippen LogP contribution is -2.53. The van der Waals surface area contributed by atoms with Gasteiger partial charge in [-0.25, -0.2) is 0 Å². The quantitative estimate of drug-likeness (QED) is 0.671. The molecule has 0 aliphatic heterocycles. The molecule has 140 valence electrons. The minimum Gasteiger partial charge on any atom is -0.492 e. The third-order valence-electron chi connectivity index (χ3n) is 4.40. The number of carbonyl (C=O) groups excluding carboxylic acids is 2. The number of amides is 2. The van der Waals surface area contributed by atoms with E-state index in [1.165, 1.54) is 6.92 Å². The fourth-order valence-electron chi connectivity index (χ4n) is 3.12. The summed E-state index contributed by atoms with van der Waals surface area (Å²) in [5.41, 5.74) is 6.51. The van der Waals surface area contributed by atoms with Gasteiger partial charge < -0.3 is 21.1 Å². The number of rotatable bonds is 6. The van der Waals surface area contributed by atoms with Crippen LogP contribution in [-0.4, -0.2) is 30.5 Å². The number of anilines is 1. The Morgan fingerprint density at radius 3 is 2.80 bits per heavy atom. The largest absolute Gasteiger partial charge is 0.492 e. The average molecular weight is 370 g/mol. The topological polar surface area (TPSA) is 93.5 Å². The second kappa shape index (κ2) is 9.63. The highest BCUT2D eigenvalue weighted by atomic mass is 35.5. The first-order valence-corrected chi connectivity index (χ1v) is 8.45. The minimum absolute atomic E-state index is 0. The predicted molar refractivity (Wildman–Crippen MR) is 101 cm³/mol. The molecule has 7 heteroatoms. The Morgan fingerprint density at radius 2 is 2.12 bits per heavy atom. The fourth-order valence-corrected chi connectivity index (χ4v) is 3.12. The van der Waals surface area contributed by atoms with Crippen molar-refractivity contribution in [2.75, 3.05) is 18.5 Å². The summed E-state index contributed by atoms with van der Waals surface area (Å²) in [6, 6.07) is 7.16. The zero-order valence-corrected chi connectivity index (χ0v) is 15.7. The molecule has 0 saturated heterocycles. The summed E-state index contributed by atoms with van der Waals surface area (Å²) in [5.74, 6) is 0.401. The number of carbonyl (C=O) groups is 2. The van der Waals surface area contributed by atoms with Crippen LogP contribution in [-0.2, 0) is 9.59 Å². The van der Waals surface area contributed by atoms with Gasteiger partial charge in [0.25, 0.3) is 0 Å². The van der Waals surface area contributed by atoms with E-state index in [9.17, 15) is 9.59 Å². The van der Waals surface area contributed by atoms with Crippen molar-refractivity contribution in [3.63, 3.8) is 0 Å². The first kappa shape index (κ1) is 21.3.